The number of aromatic amines is 2. The number of amides is 2. The first-order valence-corrected chi connectivity index (χ1v) is 16.0. The standard InChI is InChI=1S/C36H38N6O6/c1-36(2,3)48-35(45)42-13-15-47-21-31(42)33-38-19-29(40-33)27-11-10-25-16-24(8-9-26(25)17-27)22-4-6-23(7-5-22)28-18-37-32(39-28)30-20-46-14-12-41(30)34(43)44/h4-11,16-19,30-31H,12-15,20-21H2,1-3H3,(H,37,39)(H,38,40)(H,43,44)/t30?,31-/m0/s1. The van der Waals surface area contributed by atoms with Crippen molar-refractivity contribution in [3.63, 3.8) is 0 Å². The van der Waals surface area contributed by atoms with Crippen LogP contribution in [0.2, 0.25) is 0 Å². The third-order valence-electron chi connectivity index (χ3n) is 8.62. The average Bonchev–Trinajstić information content (AvgIpc) is 3.78. The van der Waals surface area contributed by atoms with E-state index in [1.54, 1.807) is 11.1 Å². The molecule has 0 aliphatic carbocycles. The Morgan fingerprint density at radius 2 is 1.44 bits per heavy atom. The fourth-order valence-electron chi connectivity index (χ4n) is 6.16. The van der Waals surface area contributed by atoms with Crippen LogP contribution in [0.1, 0.15) is 44.5 Å². The number of H-pyrrole nitrogens is 2. The van der Waals surface area contributed by atoms with Crippen molar-refractivity contribution in [3.05, 3.63) is 84.7 Å². The second-order valence-corrected chi connectivity index (χ2v) is 13.0. The second kappa shape index (κ2) is 12.8. The number of morpholine rings is 2. The van der Waals surface area contributed by atoms with Gasteiger partial charge in [-0.15, -0.1) is 0 Å². The minimum atomic E-state index is -0.981. The summed E-state index contributed by atoms with van der Waals surface area (Å²) in [5.74, 6) is 1.23. The second-order valence-electron chi connectivity index (χ2n) is 13.0. The van der Waals surface area contributed by atoms with Crippen molar-refractivity contribution < 1.29 is 28.9 Å². The Kier molecular flexibility index (Phi) is 8.36. The lowest BCUT2D eigenvalue weighted by Crippen LogP contribution is -2.46. The zero-order valence-corrected chi connectivity index (χ0v) is 27.1. The fraction of sp³-hybridized carbons (Fsp3) is 0.333. The van der Waals surface area contributed by atoms with Crippen molar-refractivity contribution in [1.29, 1.82) is 0 Å². The monoisotopic (exact) mass is 650 g/mol. The molecule has 1 unspecified atom stereocenters. The van der Waals surface area contributed by atoms with Crippen molar-refractivity contribution >= 4 is 23.0 Å². The van der Waals surface area contributed by atoms with Gasteiger partial charge in [-0.3, -0.25) is 9.80 Å². The number of ether oxygens (including phenoxy) is 3. The number of imidazole rings is 2. The van der Waals surface area contributed by atoms with Crippen LogP contribution in [0.4, 0.5) is 9.59 Å². The fourth-order valence-corrected chi connectivity index (χ4v) is 6.16. The zero-order chi connectivity index (χ0) is 33.4. The molecule has 4 heterocycles. The maximum atomic E-state index is 12.9. The molecular formula is C36H38N6O6. The number of carbonyl (C=O) groups is 2. The van der Waals surface area contributed by atoms with E-state index < -0.39 is 17.7 Å². The molecule has 0 bridgehead atoms. The van der Waals surface area contributed by atoms with Crippen LogP contribution >= 0.6 is 0 Å². The average molecular weight is 651 g/mol. The summed E-state index contributed by atoms with van der Waals surface area (Å²) in [6.07, 6.45) is 2.24. The van der Waals surface area contributed by atoms with Gasteiger partial charge in [-0.1, -0.05) is 48.5 Å². The van der Waals surface area contributed by atoms with E-state index in [1.165, 1.54) is 4.90 Å². The highest BCUT2D eigenvalue weighted by Crippen LogP contribution is 2.32. The molecular weight excluding hydrogens is 612 g/mol. The summed E-state index contributed by atoms with van der Waals surface area (Å²) in [6.45, 7) is 7.77. The van der Waals surface area contributed by atoms with E-state index in [4.69, 9.17) is 19.2 Å². The van der Waals surface area contributed by atoms with E-state index >= 15 is 0 Å². The predicted octanol–water partition coefficient (Wildman–Crippen LogP) is 6.65. The molecule has 2 aliphatic heterocycles. The summed E-state index contributed by atoms with van der Waals surface area (Å²) < 4.78 is 16.8. The topological polar surface area (TPSA) is 146 Å². The molecule has 2 atom stereocenters. The number of hydrogen-bond donors (Lipinski definition) is 3. The van der Waals surface area contributed by atoms with E-state index in [-0.39, 0.29) is 18.7 Å². The maximum Gasteiger partial charge on any atom is 0.411 e. The lowest BCUT2D eigenvalue weighted by molar-refractivity contribution is -0.0349. The van der Waals surface area contributed by atoms with E-state index in [1.807, 2.05) is 39.1 Å². The zero-order valence-electron chi connectivity index (χ0n) is 27.1. The summed E-state index contributed by atoms with van der Waals surface area (Å²) in [7, 11) is 0. The van der Waals surface area contributed by atoms with Crippen molar-refractivity contribution in [2.75, 3.05) is 39.5 Å². The molecule has 0 radical (unpaired) electrons. The largest absolute Gasteiger partial charge is 0.465 e. The van der Waals surface area contributed by atoms with Gasteiger partial charge in [-0.2, -0.15) is 0 Å². The summed E-state index contributed by atoms with van der Waals surface area (Å²) in [6, 6.07) is 20.0. The minimum Gasteiger partial charge on any atom is -0.465 e. The van der Waals surface area contributed by atoms with E-state index in [0.717, 1.165) is 44.4 Å². The summed E-state index contributed by atoms with van der Waals surface area (Å²) in [5, 5.41) is 11.8. The molecule has 7 rings (SSSR count). The van der Waals surface area contributed by atoms with Crippen molar-refractivity contribution in [2.45, 2.75) is 38.5 Å². The summed E-state index contributed by atoms with van der Waals surface area (Å²) in [5.41, 5.74) is 5.09. The smallest absolute Gasteiger partial charge is 0.411 e. The highest BCUT2D eigenvalue weighted by atomic mass is 16.6. The number of nitrogens with zero attached hydrogens (tertiary/aromatic N) is 4. The first-order chi connectivity index (χ1) is 23.1. The first-order valence-electron chi connectivity index (χ1n) is 16.0. The molecule has 2 saturated heterocycles. The molecule has 0 spiro atoms. The molecule has 3 N–H and O–H groups in total. The lowest BCUT2D eigenvalue weighted by atomic mass is 9.98. The van der Waals surface area contributed by atoms with Gasteiger partial charge in [0.15, 0.2) is 0 Å². The number of carbonyl (C=O) groups excluding carboxylic acids is 1. The number of rotatable bonds is 5. The molecule has 12 heteroatoms. The van der Waals surface area contributed by atoms with Crippen molar-refractivity contribution in [1.82, 2.24) is 29.7 Å². The Labute approximate surface area is 277 Å². The quantitative estimate of drug-likeness (QED) is 0.192. The van der Waals surface area contributed by atoms with Gasteiger partial charge >= 0.3 is 12.2 Å². The summed E-state index contributed by atoms with van der Waals surface area (Å²) in [4.78, 5) is 43.5. The number of fused-ring (bicyclic) bond motifs is 1. The van der Waals surface area contributed by atoms with Gasteiger partial charge in [0, 0.05) is 24.8 Å². The molecule has 2 aliphatic rings. The third-order valence-corrected chi connectivity index (χ3v) is 8.62. The number of hydrogen-bond acceptors (Lipinski definition) is 7. The van der Waals surface area contributed by atoms with E-state index in [2.05, 4.69) is 63.5 Å². The highest BCUT2D eigenvalue weighted by Gasteiger charge is 2.34. The Hall–Kier alpha value is -5.20. The third kappa shape index (κ3) is 6.49. The van der Waals surface area contributed by atoms with Crippen LogP contribution in [0.15, 0.2) is 73.1 Å². The van der Waals surface area contributed by atoms with Crippen LogP contribution in [0.3, 0.4) is 0 Å². The van der Waals surface area contributed by atoms with Gasteiger partial charge in [-0.05, 0) is 60.4 Å². The van der Waals surface area contributed by atoms with Gasteiger partial charge in [0.25, 0.3) is 0 Å². The number of benzene rings is 3. The Bertz CT molecular complexity index is 1940. The van der Waals surface area contributed by atoms with Crippen LogP contribution in [-0.4, -0.2) is 92.1 Å². The van der Waals surface area contributed by atoms with Gasteiger partial charge in [0.1, 0.15) is 29.3 Å². The molecule has 2 aromatic heterocycles. The van der Waals surface area contributed by atoms with Crippen LogP contribution < -0.4 is 0 Å². The molecule has 3 aromatic carbocycles. The molecule has 0 saturated carbocycles. The number of nitrogens with one attached hydrogen (secondary N) is 2. The Balaban J connectivity index is 1.06. The van der Waals surface area contributed by atoms with Crippen LogP contribution in [0.5, 0.6) is 0 Å². The Morgan fingerprint density at radius 1 is 0.833 bits per heavy atom. The minimum absolute atomic E-state index is 0.273. The van der Waals surface area contributed by atoms with Crippen LogP contribution in [0.25, 0.3) is 44.4 Å². The highest BCUT2D eigenvalue weighted by molar-refractivity contribution is 5.90. The molecule has 48 heavy (non-hydrogen) atoms. The van der Waals surface area contributed by atoms with E-state index in [9.17, 15) is 14.7 Å². The molecule has 12 nitrogen and oxygen atoms in total. The molecule has 2 amide bonds. The SMILES string of the molecule is CC(C)(C)OC(=O)N1CCOC[C@H]1c1nc(-c2ccc3cc(-c4ccc(-c5cnc(C6COCCN6C(=O)O)[nH]5)cc4)ccc3c2)c[nH]1. The first kappa shape index (κ1) is 31.4. The maximum absolute atomic E-state index is 12.9. The number of aromatic nitrogens is 4. The van der Waals surface area contributed by atoms with Gasteiger partial charge in [0.2, 0.25) is 0 Å². The van der Waals surface area contributed by atoms with Crippen molar-refractivity contribution in [2.24, 2.45) is 0 Å². The van der Waals surface area contributed by atoms with Gasteiger partial charge in [0.05, 0.1) is 44.0 Å². The molecule has 2 fully saturated rings. The predicted molar refractivity (Wildman–Crippen MR) is 179 cm³/mol. The van der Waals surface area contributed by atoms with Gasteiger partial charge in [-0.25, -0.2) is 19.6 Å². The van der Waals surface area contributed by atoms with Crippen molar-refractivity contribution in [3.8, 4) is 33.6 Å². The summed E-state index contributed by atoms with van der Waals surface area (Å²) >= 11 is 0. The Morgan fingerprint density at radius 3 is 2.12 bits per heavy atom. The van der Waals surface area contributed by atoms with Crippen LogP contribution in [-0.2, 0) is 14.2 Å². The lowest BCUT2D eigenvalue weighted by Gasteiger charge is -2.35. The normalized spacial score (nSPS) is 18.6. The molecule has 5 aromatic rings. The number of carboxylic acid groups (broad SMARTS) is 1. The van der Waals surface area contributed by atoms with E-state index in [0.29, 0.717) is 44.6 Å². The van der Waals surface area contributed by atoms with Crippen LogP contribution in [0, 0.1) is 0 Å². The molecule has 248 valence electrons. The van der Waals surface area contributed by atoms with Gasteiger partial charge < -0.3 is 29.3 Å².